The van der Waals surface area contributed by atoms with Gasteiger partial charge in [0, 0.05) is 23.6 Å². The number of hydrogen-bond acceptors (Lipinski definition) is 3. The Morgan fingerprint density at radius 2 is 2.11 bits per heavy atom. The lowest BCUT2D eigenvalue weighted by molar-refractivity contribution is 0.809. The highest BCUT2D eigenvalue weighted by molar-refractivity contribution is 7.99. The Bertz CT molecular complexity index is 640. The van der Waals surface area contributed by atoms with Crippen LogP contribution in [-0.4, -0.2) is 17.0 Å². The van der Waals surface area contributed by atoms with Crippen molar-refractivity contribution in [2.45, 2.75) is 16.6 Å². The monoisotopic (exact) mass is 269 g/mol. The van der Waals surface area contributed by atoms with Crippen LogP contribution in [0.5, 0.6) is 0 Å². The molecule has 4 heteroatoms. The maximum absolute atomic E-state index is 4.47. The van der Waals surface area contributed by atoms with Gasteiger partial charge >= 0.3 is 0 Å². The zero-order chi connectivity index (χ0) is 13.1. The summed E-state index contributed by atoms with van der Waals surface area (Å²) in [6.45, 7) is 0.852. The molecule has 0 fully saturated rings. The molecule has 0 atom stereocenters. The summed E-state index contributed by atoms with van der Waals surface area (Å²) >= 11 is 1.65. The Labute approximate surface area is 116 Å². The molecule has 0 aliphatic rings. The number of H-pyrrole nitrogens is 1. The second kappa shape index (κ2) is 5.47. The first-order chi connectivity index (χ1) is 9.35. The molecule has 96 valence electrons. The maximum atomic E-state index is 4.47. The third-order valence-electron chi connectivity index (χ3n) is 2.90. The minimum Gasteiger partial charge on any atom is -0.349 e. The van der Waals surface area contributed by atoms with E-state index in [9.17, 15) is 0 Å². The van der Waals surface area contributed by atoms with E-state index in [1.54, 1.807) is 11.8 Å². The largest absolute Gasteiger partial charge is 0.349 e. The van der Waals surface area contributed by atoms with Crippen molar-refractivity contribution in [1.82, 2.24) is 15.3 Å². The first-order valence-electron chi connectivity index (χ1n) is 6.20. The molecule has 0 unspecified atom stereocenters. The summed E-state index contributed by atoms with van der Waals surface area (Å²) in [7, 11) is 1.94. The average molecular weight is 269 g/mol. The molecule has 0 radical (unpaired) electrons. The summed E-state index contributed by atoms with van der Waals surface area (Å²) in [5.41, 5.74) is 2.36. The molecular formula is C15H15N3S. The van der Waals surface area contributed by atoms with Crippen molar-refractivity contribution in [2.75, 3.05) is 7.05 Å². The lowest BCUT2D eigenvalue weighted by Crippen LogP contribution is -2.04. The van der Waals surface area contributed by atoms with Crippen LogP contribution in [0.4, 0.5) is 0 Å². The second-order valence-electron chi connectivity index (χ2n) is 4.36. The van der Waals surface area contributed by atoms with Gasteiger partial charge in [0.15, 0.2) is 0 Å². The van der Waals surface area contributed by atoms with Crippen molar-refractivity contribution < 1.29 is 0 Å². The summed E-state index contributed by atoms with van der Waals surface area (Å²) in [4.78, 5) is 7.86. The van der Waals surface area contributed by atoms with Gasteiger partial charge in [-0.1, -0.05) is 36.0 Å². The van der Waals surface area contributed by atoms with Gasteiger partial charge in [0.25, 0.3) is 0 Å². The van der Waals surface area contributed by atoms with Crippen molar-refractivity contribution >= 4 is 22.7 Å². The lowest BCUT2D eigenvalue weighted by Gasteiger charge is -2.01. The number of rotatable bonds is 4. The van der Waals surface area contributed by atoms with E-state index in [2.05, 4.69) is 51.7 Å². The maximum Gasteiger partial charge on any atom is 0.102 e. The van der Waals surface area contributed by atoms with Gasteiger partial charge in [-0.25, -0.2) is 4.98 Å². The fourth-order valence-corrected chi connectivity index (χ4v) is 2.81. The third-order valence-corrected chi connectivity index (χ3v) is 3.79. The van der Waals surface area contributed by atoms with Gasteiger partial charge in [-0.3, -0.25) is 0 Å². The molecule has 0 bridgehead atoms. The van der Waals surface area contributed by atoms with Crippen LogP contribution < -0.4 is 5.32 Å². The van der Waals surface area contributed by atoms with Crippen LogP contribution in [0.25, 0.3) is 10.9 Å². The standard InChI is InChI=1S/C15H15N3S/c1-16-9-11-6-7-14(17-10-11)19-15-8-12-4-2-3-5-13(12)18-15/h2-8,10,16,18H,9H2,1H3. The van der Waals surface area contributed by atoms with Gasteiger partial charge in [-0.15, -0.1) is 0 Å². The van der Waals surface area contributed by atoms with Crippen LogP contribution in [-0.2, 0) is 6.54 Å². The molecule has 0 aliphatic heterocycles. The number of benzene rings is 1. The number of para-hydroxylation sites is 1. The van der Waals surface area contributed by atoms with Crippen LogP contribution in [0.15, 0.2) is 58.7 Å². The molecule has 0 amide bonds. The Morgan fingerprint density at radius 3 is 2.84 bits per heavy atom. The predicted octanol–water partition coefficient (Wildman–Crippen LogP) is 3.43. The molecule has 3 nitrogen and oxygen atoms in total. The minimum absolute atomic E-state index is 0.852. The molecule has 0 aliphatic carbocycles. The van der Waals surface area contributed by atoms with E-state index in [-0.39, 0.29) is 0 Å². The van der Waals surface area contributed by atoms with Crippen molar-refractivity contribution in [3.8, 4) is 0 Å². The topological polar surface area (TPSA) is 40.7 Å². The average Bonchev–Trinajstić information content (AvgIpc) is 2.83. The number of fused-ring (bicyclic) bond motifs is 1. The number of nitrogens with one attached hydrogen (secondary N) is 2. The molecule has 1 aromatic carbocycles. The quantitative estimate of drug-likeness (QED) is 0.762. The van der Waals surface area contributed by atoms with Crippen molar-refractivity contribution in [2.24, 2.45) is 0 Å². The van der Waals surface area contributed by atoms with Crippen molar-refractivity contribution in [3.63, 3.8) is 0 Å². The summed E-state index contributed by atoms with van der Waals surface area (Å²) in [6, 6.07) is 14.6. The summed E-state index contributed by atoms with van der Waals surface area (Å²) < 4.78 is 0. The van der Waals surface area contributed by atoms with Crippen LogP contribution in [0.2, 0.25) is 0 Å². The zero-order valence-electron chi connectivity index (χ0n) is 10.7. The highest BCUT2D eigenvalue weighted by Gasteiger charge is 2.03. The van der Waals surface area contributed by atoms with Crippen LogP contribution in [0.3, 0.4) is 0 Å². The summed E-state index contributed by atoms with van der Waals surface area (Å²) in [6.07, 6.45) is 1.92. The van der Waals surface area contributed by atoms with E-state index in [1.807, 2.05) is 19.3 Å². The van der Waals surface area contributed by atoms with Crippen molar-refractivity contribution in [1.29, 1.82) is 0 Å². The molecule has 2 heterocycles. The van der Waals surface area contributed by atoms with E-state index in [0.717, 1.165) is 22.1 Å². The molecule has 3 rings (SSSR count). The first-order valence-corrected chi connectivity index (χ1v) is 7.02. The predicted molar refractivity (Wildman–Crippen MR) is 79.4 cm³/mol. The van der Waals surface area contributed by atoms with E-state index in [0.29, 0.717) is 0 Å². The molecule has 19 heavy (non-hydrogen) atoms. The van der Waals surface area contributed by atoms with E-state index < -0.39 is 0 Å². The fraction of sp³-hybridized carbons (Fsp3) is 0.133. The van der Waals surface area contributed by atoms with Gasteiger partial charge in [0.1, 0.15) is 5.03 Å². The number of nitrogens with zero attached hydrogens (tertiary/aromatic N) is 1. The van der Waals surface area contributed by atoms with Gasteiger partial charge < -0.3 is 10.3 Å². The summed E-state index contributed by atoms with van der Waals surface area (Å²) in [5.74, 6) is 0. The Balaban J connectivity index is 1.80. The number of aromatic amines is 1. The molecular weight excluding hydrogens is 254 g/mol. The number of hydrogen-bond donors (Lipinski definition) is 2. The van der Waals surface area contributed by atoms with Gasteiger partial charge in [0.2, 0.25) is 0 Å². The minimum atomic E-state index is 0.852. The van der Waals surface area contributed by atoms with E-state index in [1.165, 1.54) is 10.9 Å². The zero-order valence-corrected chi connectivity index (χ0v) is 11.5. The molecule has 0 saturated carbocycles. The Hall–Kier alpha value is -1.78. The lowest BCUT2D eigenvalue weighted by atomic mass is 10.3. The molecule has 0 saturated heterocycles. The first kappa shape index (κ1) is 12.3. The third kappa shape index (κ3) is 2.80. The summed E-state index contributed by atoms with van der Waals surface area (Å²) in [5, 5.41) is 6.48. The smallest absolute Gasteiger partial charge is 0.102 e. The second-order valence-corrected chi connectivity index (χ2v) is 5.42. The number of pyridine rings is 1. The van der Waals surface area contributed by atoms with Crippen LogP contribution in [0, 0.1) is 0 Å². The van der Waals surface area contributed by atoms with Crippen LogP contribution >= 0.6 is 11.8 Å². The fourth-order valence-electron chi connectivity index (χ4n) is 1.99. The number of aromatic nitrogens is 2. The Morgan fingerprint density at radius 1 is 1.21 bits per heavy atom. The Kier molecular flexibility index (Phi) is 3.53. The van der Waals surface area contributed by atoms with Gasteiger partial charge in [-0.05, 0) is 30.8 Å². The van der Waals surface area contributed by atoms with Crippen LogP contribution in [0.1, 0.15) is 5.56 Å². The van der Waals surface area contributed by atoms with E-state index >= 15 is 0 Å². The SMILES string of the molecule is CNCc1ccc(Sc2cc3ccccc3[nH]2)nc1. The molecule has 2 aromatic heterocycles. The van der Waals surface area contributed by atoms with Gasteiger partial charge in [-0.2, -0.15) is 0 Å². The molecule has 0 spiro atoms. The highest BCUT2D eigenvalue weighted by atomic mass is 32.2. The normalized spacial score (nSPS) is 11.0. The highest BCUT2D eigenvalue weighted by Crippen LogP contribution is 2.28. The molecule has 2 N–H and O–H groups in total. The van der Waals surface area contributed by atoms with Crippen molar-refractivity contribution in [3.05, 3.63) is 54.2 Å². The molecule has 3 aromatic rings. The van der Waals surface area contributed by atoms with E-state index in [4.69, 9.17) is 0 Å². The van der Waals surface area contributed by atoms with Gasteiger partial charge in [0.05, 0.1) is 5.03 Å².